The van der Waals surface area contributed by atoms with E-state index in [0.29, 0.717) is 0 Å². The molecule has 9 heteroatoms. The van der Waals surface area contributed by atoms with Gasteiger partial charge in [0.05, 0.1) is 0 Å². The summed E-state index contributed by atoms with van der Waals surface area (Å²) in [6, 6.07) is 2.23. The van der Waals surface area contributed by atoms with Gasteiger partial charge in [-0.05, 0) is 12.1 Å². The number of imide groups is 1. The molecule has 1 aromatic carbocycles. The van der Waals surface area contributed by atoms with Crippen molar-refractivity contribution < 1.29 is 33.0 Å². The van der Waals surface area contributed by atoms with Gasteiger partial charge in [-0.3, -0.25) is 10.1 Å². The molecule has 0 bridgehead atoms. The summed E-state index contributed by atoms with van der Waals surface area (Å²) in [6.45, 7) is 0. The van der Waals surface area contributed by atoms with Gasteiger partial charge in [-0.1, -0.05) is 24.0 Å². The molecule has 1 unspecified atom stereocenters. The summed E-state index contributed by atoms with van der Waals surface area (Å²) in [6.07, 6.45) is -5.24. The highest BCUT2D eigenvalue weighted by Crippen LogP contribution is 2.36. The highest BCUT2D eigenvalue weighted by Gasteiger charge is 2.54. The largest absolute Gasteiger partial charge is 0.447 e. The lowest BCUT2D eigenvalue weighted by Crippen LogP contribution is -2.41. The molecule has 1 aromatic rings. The van der Waals surface area contributed by atoms with Crippen LogP contribution in [0.1, 0.15) is 11.1 Å². The van der Waals surface area contributed by atoms with Crippen LogP contribution in [0.2, 0.25) is 0 Å². The summed E-state index contributed by atoms with van der Waals surface area (Å²) in [5.74, 6) is 0.321. The maximum atomic E-state index is 12.4. The molecule has 1 saturated heterocycles. The molecule has 0 spiro atoms. The first kappa shape index (κ1) is 15.8. The molecule has 0 aromatic heterocycles. The minimum atomic E-state index is -5.24. The summed E-state index contributed by atoms with van der Waals surface area (Å²) in [7, 11) is 0. The second-order valence-electron chi connectivity index (χ2n) is 4.41. The molecule has 3 amide bonds. The van der Waals surface area contributed by atoms with Crippen LogP contribution in [0.4, 0.5) is 18.0 Å². The zero-order valence-electron chi connectivity index (χ0n) is 10.7. The smallest absolute Gasteiger partial charge is 0.355 e. The standard InChI is InChI=1S/C13H9F3N2O4/c14-13(15,16)12(21,22)8-4-1-7(2-5-8)3-6-9-10(19)18-11(20)17-9/h1-2,4-5,9,21-22H,(H2,17,18,19,20). The lowest BCUT2D eigenvalue weighted by Gasteiger charge is -2.24. The van der Waals surface area contributed by atoms with Crippen LogP contribution < -0.4 is 10.6 Å². The SMILES string of the molecule is O=C1NC(=O)C(C#Cc2ccc(C(O)(O)C(F)(F)F)cc2)N1. The molecule has 116 valence electrons. The van der Waals surface area contributed by atoms with Gasteiger partial charge in [0.15, 0.2) is 6.04 Å². The van der Waals surface area contributed by atoms with Crippen molar-refractivity contribution in [3.8, 4) is 11.8 Å². The quantitative estimate of drug-likeness (QED) is 0.332. The Morgan fingerprint density at radius 1 is 1.09 bits per heavy atom. The number of aliphatic hydroxyl groups is 2. The number of hydrogen-bond acceptors (Lipinski definition) is 4. The minimum absolute atomic E-state index is 0.232. The number of halogens is 3. The van der Waals surface area contributed by atoms with Gasteiger partial charge in [0, 0.05) is 11.1 Å². The van der Waals surface area contributed by atoms with Crippen molar-refractivity contribution >= 4 is 11.9 Å². The van der Waals surface area contributed by atoms with Crippen LogP contribution in [0.25, 0.3) is 0 Å². The van der Waals surface area contributed by atoms with E-state index in [1.165, 1.54) is 0 Å². The molecule has 2 rings (SSSR count). The average Bonchev–Trinajstić information content (AvgIpc) is 2.74. The van der Waals surface area contributed by atoms with Gasteiger partial charge >= 0.3 is 12.2 Å². The normalized spacial score (nSPS) is 18.3. The van der Waals surface area contributed by atoms with E-state index in [1.807, 2.05) is 5.32 Å². The number of carbonyl (C=O) groups excluding carboxylic acids is 2. The molecule has 22 heavy (non-hydrogen) atoms. The van der Waals surface area contributed by atoms with Crippen molar-refractivity contribution in [2.45, 2.75) is 18.0 Å². The Hall–Kier alpha value is -2.57. The Morgan fingerprint density at radius 3 is 2.14 bits per heavy atom. The van der Waals surface area contributed by atoms with Crippen LogP contribution in [-0.2, 0) is 10.6 Å². The predicted molar refractivity (Wildman–Crippen MR) is 66.0 cm³/mol. The number of amides is 3. The lowest BCUT2D eigenvalue weighted by atomic mass is 10.0. The number of nitrogens with one attached hydrogen (secondary N) is 2. The molecule has 0 radical (unpaired) electrons. The van der Waals surface area contributed by atoms with E-state index in [2.05, 4.69) is 17.2 Å². The van der Waals surface area contributed by atoms with E-state index >= 15 is 0 Å². The van der Waals surface area contributed by atoms with E-state index in [-0.39, 0.29) is 5.56 Å². The third-order valence-corrected chi connectivity index (χ3v) is 2.82. The van der Waals surface area contributed by atoms with Crippen molar-refractivity contribution in [1.29, 1.82) is 0 Å². The fraction of sp³-hybridized carbons (Fsp3) is 0.231. The van der Waals surface area contributed by atoms with Crippen molar-refractivity contribution in [3.63, 3.8) is 0 Å². The van der Waals surface area contributed by atoms with Crippen molar-refractivity contribution in [2.24, 2.45) is 0 Å². The molecular weight excluding hydrogens is 305 g/mol. The molecule has 1 aliphatic heterocycles. The van der Waals surface area contributed by atoms with Gasteiger partial charge < -0.3 is 15.5 Å². The molecule has 0 saturated carbocycles. The fourth-order valence-electron chi connectivity index (χ4n) is 1.62. The number of urea groups is 1. The van der Waals surface area contributed by atoms with E-state index in [0.717, 1.165) is 24.3 Å². The van der Waals surface area contributed by atoms with Gasteiger partial charge in [0.1, 0.15) is 0 Å². The third-order valence-electron chi connectivity index (χ3n) is 2.82. The first-order valence-electron chi connectivity index (χ1n) is 5.86. The summed E-state index contributed by atoms with van der Waals surface area (Å²) in [5.41, 5.74) is -0.534. The maximum Gasteiger partial charge on any atom is 0.447 e. The van der Waals surface area contributed by atoms with Crippen LogP contribution >= 0.6 is 0 Å². The van der Waals surface area contributed by atoms with Crippen LogP contribution in [0.3, 0.4) is 0 Å². The number of alkyl halides is 3. The Labute approximate surface area is 121 Å². The van der Waals surface area contributed by atoms with E-state index in [9.17, 15) is 22.8 Å². The van der Waals surface area contributed by atoms with Crippen LogP contribution in [0, 0.1) is 11.8 Å². The van der Waals surface area contributed by atoms with E-state index in [4.69, 9.17) is 10.2 Å². The third kappa shape index (κ3) is 3.03. The Kier molecular flexibility index (Phi) is 3.83. The highest BCUT2D eigenvalue weighted by molar-refractivity contribution is 6.05. The van der Waals surface area contributed by atoms with Crippen molar-refractivity contribution in [2.75, 3.05) is 0 Å². The molecule has 1 heterocycles. The van der Waals surface area contributed by atoms with Gasteiger partial charge in [0.25, 0.3) is 11.7 Å². The van der Waals surface area contributed by atoms with Gasteiger partial charge in [-0.2, -0.15) is 13.2 Å². The fourth-order valence-corrected chi connectivity index (χ4v) is 1.62. The molecule has 1 fully saturated rings. The average molecular weight is 314 g/mol. The number of rotatable bonds is 1. The number of benzene rings is 1. The van der Waals surface area contributed by atoms with Crippen molar-refractivity contribution in [1.82, 2.24) is 10.6 Å². The lowest BCUT2D eigenvalue weighted by molar-refractivity contribution is -0.358. The monoisotopic (exact) mass is 314 g/mol. The Morgan fingerprint density at radius 2 is 1.68 bits per heavy atom. The predicted octanol–water partition coefficient (Wildman–Crippen LogP) is -0.0542. The van der Waals surface area contributed by atoms with Crippen LogP contribution in [0.5, 0.6) is 0 Å². The van der Waals surface area contributed by atoms with Crippen LogP contribution in [0.15, 0.2) is 24.3 Å². The highest BCUT2D eigenvalue weighted by atomic mass is 19.4. The topological polar surface area (TPSA) is 98.7 Å². The summed E-state index contributed by atoms with van der Waals surface area (Å²) < 4.78 is 37.3. The summed E-state index contributed by atoms with van der Waals surface area (Å²) >= 11 is 0. The molecule has 1 atom stereocenters. The Balaban J connectivity index is 2.17. The minimum Gasteiger partial charge on any atom is -0.355 e. The van der Waals surface area contributed by atoms with Gasteiger partial charge in [-0.15, -0.1) is 0 Å². The second kappa shape index (κ2) is 5.32. The maximum absolute atomic E-state index is 12.4. The first-order valence-corrected chi connectivity index (χ1v) is 5.86. The summed E-state index contributed by atoms with van der Waals surface area (Å²) in [4.78, 5) is 22.1. The zero-order chi connectivity index (χ0) is 16.5. The number of hydrogen-bond donors (Lipinski definition) is 4. The molecule has 6 nitrogen and oxygen atoms in total. The summed E-state index contributed by atoms with van der Waals surface area (Å²) in [5, 5.41) is 22.3. The van der Waals surface area contributed by atoms with E-state index in [1.54, 1.807) is 0 Å². The van der Waals surface area contributed by atoms with Crippen molar-refractivity contribution in [3.05, 3.63) is 35.4 Å². The first-order chi connectivity index (χ1) is 10.1. The molecule has 1 aliphatic rings. The van der Waals surface area contributed by atoms with Gasteiger partial charge in [-0.25, -0.2) is 4.79 Å². The second-order valence-corrected chi connectivity index (χ2v) is 4.41. The molecule has 0 aliphatic carbocycles. The van der Waals surface area contributed by atoms with E-state index < -0.39 is 35.5 Å². The number of carbonyl (C=O) groups is 2. The van der Waals surface area contributed by atoms with Gasteiger partial charge in [0.2, 0.25) is 0 Å². The van der Waals surface area contributed by atoms with Crippen LogP contribution in [-0.4, -0.2) is 34.4 Å². The molecular formula is C13H9F3N2O4. The Bertz CT molecular complexity index is 671. The zero-order valence-corrected chi connectivity index (χ0v) is 10.7. The molecule has 4 N–H and O–H groups in total.